The summed E-state index contributed by atoms with van der Waals surface area (Å²) in [6.07, 6.45) is 0. The second kappa shape index (κ2) is 3.89. The Balaban J connectivity index is 2.16. The lowest BCUT2D eigenvalue weighted by Gasteiger charge is -2.07. The summed E-state index contributed by atoms with van der Waals surface area (Å²) in [5.41, 5.74) is 2.09. The number of aromatic nitrogens is 1. The van der Waals surface area contributed by atoms with Gasteiger partial charge < -0.3 is 4.90 Å². The molecule has 1 amide bonds. The third-order valence-corrected chi connectivity index (χ3v) is 4.83. The summed E-state index contributed by atoms with van der Waals surface area (Å²) in [7, 11) is 1.73. The monoisotopic (exact) mass is 285 g/mol. The van der Waals surface area contributed by atoms with Crippen LogP contribution < -0.4 is 19.8 Å². The molecule has 0 atom stereocenters. The summed E-state index contributed by atoms with van der Waals surface area (Å²) in [5, 5.41) is 0. The van der Waals surface area contributed by atoms with E-state index in [4.69, 9.17) is 0 Å². The van der Waals surface area contributed by atoms with Crippen LogP contribution in [0.5, 0.6) is 0 Å². The van der Waals surface area contributed by atoms with Gasteiger partial charge in [-0.15, -0.1) is 0 Å². The van der Waals surface area contributed by atoms with Gasteiger partial charge in [0.25, 0.3) is 11.5 Å². The van der Waals surface area contributed by atoms with Gasteiger partial charge in [0.15, 0.2) is 4.80 Å². The van der Waals surface area contributed by atoms with Crippen molar-refractivity contribution in [1.82, 2.24) is 4.57 Å². The molecule has 20 heavy (non-hydrogen) atoms. The molecule has 0 saturated heterocycles. The van der Waals surface area contributed by atoms with Crippen LogP contribution in [0.2, 0.25) is 0 Å². The van der Waals surface area contributed by atoms with Gasteiger partial charge in [-0.1, -0.05) is 29.5 Å². The molecule has 0 spiro atoms. The molecular weight excluding hydrogens is 274 g/mol. The van der Waals surface area contributed by atoms with Crippen molar-refractivity contribution in [3.05, 3.63) is 49.5 Å². The Morgan fingerprint density at radius 2 is 2.05 bits per heavy atom. The number of thiazole rings is 1. The predicted octanol–water partition coefficient (Wildman–Crippen LogP) is -0.282. The Morgan fingerprint density at radius 1 is 1.25 bits per heavy atom. The van der Waals surface area contributed by atoms with Crippen molar-refractivity contribution < 1.29 is 4.79 Å². The molecular formula is C14H11N3O2S. The van der Waals surface area contributed by atoms with Crippen LogP contribution in [0.1, 0.15) is 5.56 Å². The third-order valence-electron chi connectivity index (χ3n) is 3.71. The molecule has 0 unspecified atom stereocenters. The maximum absolute atomic E-state index is 12.5. The SMILES string of the molecule is CN1C(=O)C(=c2sc3n(c2=O)CCN=3)c2ccccc21. The highest BCUT2D eigenvalue weighted by Crippen LogP contribution is 2.33. The van der Waals surface area contributed by atoms with E-state index in [1.807, 2.05) is 24.3 Å². The zero-order chi connectivity index (χ0) is 13.9. The first-order valence-electron chi connectivity index (χ1n) is 6.34. The molecule has 0 bridgehead atoms. The fourth-order valence-corrected chi connectivity index (χ4v) is 3.83. The highest BCUT2D eigenvalue weighted by molar-refractivity contribution is 7.07. The number of hydrogen-bond donors (Lipinski definition) is 0. The maximum atomic E-state index is 12.5. The Hall–Kier alpha value is -2.21. The molecule has 6 heteroatoms. The lowest BCUT2D eigenvalue weighted by Crippen LogP contribution is -2.33. The van der Waals surface area contributed by atoms with E-state index in [1.165, 1.54) is 11.3 Å². The number of hydrogen-bond acceptors (Lipinski definition) is 4. The van der Waals surface area contributed by atoms with Crippen LogP contribution >= 0.6 is 11.3 Å². The number of fused-ring (bicyclic) bond motifs is 2. The molecule has 100 valence electrons. The molecule has 2 aliphatic heterocycles. The van der Waals surface area contributed by atoms with Crippen LogP contribution in [-0.4, -0.2) is 24.1 Å². The quantitative estimate of drug-likeness (QED) is 0.668. The molecule has 2 aliphatic rings. The highest BCUT2D eigenvalue weighted by Gasteiger charge is 2.31. The van der Waals surface area contributed by atoms with Crippen molar-refractivity contribution in [3.63, 3.8) is 0 Å². The molecule has 0 radical (unpaired) electrons. The number of nitrogens with zero attached hydrogens (tertiary/aromatic N) is 3. The van der Waals surface area contributed by atoms with Gasteiger partial charge in [0, 0.05) is 19.2 Å². The largest absolute Gasteiger partial charge is 0.311 e. The summed E-state index contributed by atoms with van der Waals surface area (Å²) >= 11 is 1.31. The minimum atomic E-state index is -0.121. The summed E-state index contributed by atoms with van der Waals surface area (Å²) in [4.78, 5) is 31.5. The molecule has 2 aromatic rings. The number of carbonyl (C=O) groups is 1. The zero-order valence-electron chi connectivity index (χ0n) is 10.8. The molecule has 0 saturated carbocycles. The predicted molar refractivity (Wildman–Crippen MR) is 76.6 cm³/mol. The number of likely N-dealkylation sites (N-methyl/N-ethyl adjacent to an activating group) is 1. The number of carbonyl (C=O) groups excluding carboxylic acids is 1. The Labute approximate surface area is 118 Å². The standard InChI is InChI=1S/C14H11N3O2S/c1-16-9-5-3-2-4-8(9)10(12(16)18)11-13(19)17-7-6-15-14(17)20-11/h2-5H,6-7H2,1H3. The Kier molecular flexibility index (Phi) is 2.26. The lowest BCUT2D eigenvalue weighted by atomic mass is 10.1. The second-order valence-corrected chi connectivity index (χ2v) is 5.79. The number of amides is 1. The molecule has 0 aliphatic carbocycles. The summed E-state index contributed by atoms with van der Waals surface area (Å²) in [5.74, 6) is -0.121. The van der Waals surface area contributed by atoms with Gasteiger partial charge in [0.2, 0.25) is 0 Å². The van der Waals surface area contributed by atoms with Crippen LogP contribution in [0.25, 0.3) is 5.57 Å². The number of benzene rings is 1. The minimum Gasteiger partial charge on any atom is -0.311 e. The first kappa shape index (κ1) is 11.6. The smallest absolute Gasteiger partial charge is 0.271 e. The molecule has 0 N–H and O–H groups in total. The van der Waals surface area contributed by atoms with E-state index in [-0.39, 0.29) is 11.5 Å². The molecule has 1 aromatic heterocycles. The van der Waals surface area contributed by atoms with Crippen molar-refractivity contribution >= 4 is 28.5 Å². The van der Waals surface area contributed by atoms with Gasteiger partial charge in [-0.05, 0) is 6.07 Å². The van der Waals surface area contributed by atoms with Crippen LogP contribution in [-0.2, 0) is 11.3 Å². The average Bonchev–Trinajstić information content (AvgIpc) is 3.09. The number of anilines is 1. The summed E-state index contributed by atoms with van der Waals surface area (Å²) < 4.78 is 2.16. The lowest BCUT2D eigenvalue weighted by molar-refractivity contribution is -0.112. The van der Waals surface area contributed by atoms with Gasteiger partial charge in [-0.25, -0.2) is 0 Å². The van der Waals surface area contributed by atoms with Gasteiger partial charge in [0.05, 0.1) is 17.8 Å². The zero-order valence-corrected chi connectivity index (χ0v) is 11.6. The van der Waals surface area contributed by atoms with Crippen molar-refractivity contribution in [2.75, 3.05) is 18.5 Å². The van der Waals surface area contributed by atoms with Crippen molar-refractivity contribution in [2.24, 2.45) is 4.99 Å². The van der Waals surface area contributed by atoms with E-state index in [9.17, 15) is 9.59 Å². The molecule has 5 nitrogen and oxygen atoms in total. The van der Waals surface area contributed by atoms with Gasteiger partial charge >= 0.3 is 0 Å². The second-order valence-electron chi connectivity index (χ2n) is 4.81. The van der Waals surface area contributed by atoms with Crippen LogP contribution in [0, 0.1) is 0 Å². The highest BCUT2D eigenvalue weighted by atomic mass is 32.1. The fourth-order valence-electron chi connectivity index (χ4n) is 2.71. The molecule has 1 aromatic carbocycles. The van der Waals surface area contributed by atoms with Crippen molar-refractivity contribution in [2.45, 2.75) is 6.54 Å². The number of para-hydroxylation sites is 1. The Morgan fingerprint density at radius 3 is 2.85 bits per heavy atom. The van der Waals surface area contributed by atoms with Crippen LogP contribution in [0.4, 0.5) is 5.69 Å². The van der Waals surface area contributed by atoms with E-state index in [1.54, 1.807) is 16.5 Å². The first-order chi connectivity index (χ1) is 9.68. The summed E-state index contributed by atoms with van der Waals surface area (Å²) in [6.45, 7) is 1.27. The number of rotatable bonds is 0. The molecule has 4 rings (SSSR count). The van der Waals surface area contributed by atoms with Gasteiger partial charge in [0.1, 0.15) is 4.53 Å². The van der Waals surface area contributed by atoms with Crippen molar-refractivity contribution in [1.29, 1.82) is 0 Å². The normalized spacial score (nSPS) is 19.1. The van der Waals surface area contributed by atoms with Crippen molar-refractivity contribution in [3.8, 4) is 0 Å². The minimum absolute atomic E-state index is 0.0975. The van der Waals surface area contributed by atoms with Gasteiger partial charge in [-0.2, -0.15) is 0 Å². The van der Waals surface area contributed by atoms with E-state index in [0.29, 0.717) is 23.2 Å². The third kappa shape index (κ3) is 1.34. The average molecular weight is 285 g/mol. The topological polar surface area (TPSA) is 54.7 Å². The maximum Gasteiger partial charge on any atom is 0.271 e. The van der Waals surface area contributed by atoms with E-state index >= 15 is 0 Å². The Bertz CT molecular complexity index is 923. The van der Waals surface area contributed by atoms with E-state index in [0.717, 1.165) is 16.1 Å². The van der Waals surface area contributed by atoms with E-state index < -0.39 is 0 Å². The molecule has 0 fully saturated rings. The van der Waals surface area contributed by atoms with Gasteiger partial charge in [-0.3, -0.25) is 19.1 Å². The first-order valence-corrected chi connectivity index (χ1v) is 7.16. The van der Waals surface area contributed by atoms with Crippen LogP contribution in [0.15, 0.2) is 34.1 Å². The van der Waals surface area contributed by atoms with E-state index in [2.05, 4.69) is 4.99 Å². The fraction of sp³-hybridized carbons (Fsp3) is 0.214. The summed E-state index contributed by atoms with van der Waals surface area (Å²) in [6, 6.07) is 7.55. The van der Waals surface area contributed by atoms with Crippen LogP contribution in [0.3, 0.4) is 0 Å². The molecule has 3 heterocycles.